The van der Waals surface area contributed by atoms with Crippen molar-refractivity contribution >= 4 is 15.9 Å². The highest BCUT2D eigenvalue weighted by atomic mass is 79.9. The highest BCUT2D eigenvalue weighted by Gasteiger charge is 2.13. The second-order valence-electron chi connectivity index (χ2n) is 5.31. The number of hydrogen-bond donors (Lipinski definition) is 1. The lowest BCUT2D eigenvalue weighted by molar-refractivity contribution is 0.356. The Balaban J connectivity index is 2.96. The lowest BCUT2D eigenvalue weighted by atomic mass is 10.1. The molecule has 18 heavy (non-hydrogen) atoms. The van der Waals surface area contributed by atoms with E-state index in [-0.39, 0.29) is 5.54 Å². The second kappa shape index (κ2) is 6.26. The van der Waals surface area contributed by atoms with Gasteiger partial charge in [-0.1, -0.05) is 21.9 Å². The van der Waals surface area contributed by atoms with Crippen LogP contribution in [0.3, 0.4) is 0 Å². The Bertz CT molecular complexity index is 455. The average Bonchev–Trinajstić information content (AvgIpc) is 2.23. The summed E-state index contributed by atoms with van der Waals surface area (Å²) in [6, 6.07) is 4.10. The molecule has 98 valence electrons. The van der Waals surface area contributed by atoms with Crippen LogP contribution in [0.4, 0.5) is 0 Å². The molecule has 2 nitrogen and oxygen atoms in total. The molecule has 0 atom stereocenters. The van der Waals surface area contributed by atoms with E-state index in [2.05, 4.69) is 54.0 Å². The molecule has 1 aromatic carbocycles. The van der Waals surface area contributed by atoms with Gasteiger partial charge in [-0.15, -0.1) is 6.42 Å². The molecular formula is C15H20BrNO. The van der Waals surface area contributed by atoms with Gasteiger partial charge in [-0.05, 0) is 45.4 Å². The van der Waals surface area contributed by atoms with Crippen LogP contribution in [0.1, 0.15) is 31.9 Å². The third kappa shape index (κ3) is 4.72. The van der Waals surface area contributed by atoms with Gasteiger partial charge in [0.1, 0.15) is 12.4 Å². The van der Waals surface area contributed by atoms with Crippen molar-refractivity contribution in [3.8, 4) is 18.1 Å². The van der Waals surface area contributed by atoms with Gasteiger partial charge >= 0.3 is 0 Å². The number of rotatable bonds is 4. The Hall–Kier alpha value is -0.980. The van der Waals surface area contributed by atoms with Crippen molar-refractivity contribution in [2.45, 2.75) is 39.8 Å². The van der Waals surface area contributed by atoms with Gasteiger partial charge in [0, 0.05) is 22.1 Å². The van der Waals surface area contributed by atoms with Crippen molar-refractivity contribution in [3.05, 3.63) is 27.7 Å². The molecule has 0 bridgehead atoms. The lowest BCUT2D eigenvalue weighted by Crippen LogP contribution is -2.35. The Morgan fingerprint density at radius 1 is 1.39 bits per heavy atom. The van der Waals surface area contributed by atoms with Gasteiger partial charge in [-0.25, -0.2) is 0 Å². The van der Waals surface area contributed by atoms with E-state index in [0.29, 0.717) is 6.61 Å². The standard InChI is InChI=1S/C15H20BrNO/c1-6-7-18-14-11(2)8-13(16)9-12(14)10-17-15(3,4)5/h1,8-9,17H,7,10H2,2-5H3. The number of nitrogens with one attached hydrogen (secondary N) is 1. The molecule has 0 unspecified atom stereocenters. The zero-order valence-electron chi connectivity index (χ0n) is 11.4. The summed E-state index contributed by atoms with van der Waals surface area (Å²) in [4.78, 5) is 0. The Kier molecular flexibility index (Phi) is 5.25. The van der Waals surface area contributed by atoms with E-state index in [1.54, 1.807) is 0 Å². The van der Waals surface area contributed by atoms with Crippen molar-refractivity contribution in [3.63, 3.8) is 0 Å². The third-order valence-electron chi connectivity index (χ3n) is 2.43. The molecule has 0 aliphatic heterocycles. The number of terminal acetylenes is 1. The summed E-state index contributed by atoms with van der Waals surface area (Å²) in [6.45, 7) is 9.49. The first-order chi connectivity index (χ1) is 8.33. The van der Waals surface area contributed by atoms with E-state index in [9.17, 15) is 0 Å². The van der Waals surface area contributed by atoms with Crippen LogP contribution in [0, 0.1) is 19.3 Å². The molecular weight excluding hydrogens is 290 g/mol. The first-order valence-electron chi connectivity index (χ1n) is 5.94. The molecule has 0 aliphatic rings. The van der Waals surface area contributed by atoms with E-state index in [1.165, 1.54) is 0 Å². The van der Waals surface area contributed by atoms with Crippen LogP contribution in [-0.2, 0) is 6.54 Å². The summed E-state index contributed by atoms with van der Waals surface area (Å²) in [5, 5.41) is 3.46. The summed E-state index contributed by atoms with van der Waals surface area (Å²) in [5.74, 6) is 3.39. The normalized spacial score (nSPS) is 11.1. The zero-order chi connectivity index (χ0) is 13.8. The number of ether oxygens (including phenoxy) is 1. The molecule has 3 heteroatoms. The van der Waals surface area contributed by atoms with E-state index >= 15 is 0 Å². The predicted octanol–water partition coefficient (Wildman–Crippen LogP) is 3.66. The molecule has 0 heterocycles. The van der Waals surface area contributed by atoms with Crippen LogP contribution >= 0.6 is 15.9 Å². The largest absolute Gasteiger partial charge is 0.480 e. The summed E-state index contributed by atoms with van der Waals surface area (Å²) in [6.07, 6.45) is 5.25. The molecule has 1 rings (SSSR count). The molecule has 0 saturated carbocycles. The predicted molar refractivity (Wildman–Crippen MR) is 79.8 cm³/mol. The number of hydrogen-bond acceptors (Lipinski definition) is 2. The minimum Gasteiger partial charge on any atom is -0.480 e. The Labute approximate surface area is 118 Å². The molecule has 0 saturated heterocycles. The van der Waals surface area contributed by atoms with Crippen molar-refractivity contribution in [1.82, 2.24) is 5.32 Å². The summed E-state index contributed by atoms with van der Waals surface area (Å²) in [5.41, 5.74) is 2.27. The molecule has 0 fully saturated rings. The molecule has 0 spiro atoms. The van der Waals surface area contributed by atoms with Gasteiger partial charge in [0.2, 0.25) is 0 Å². The van der Waals surface area contributed by atoms with Gasteiger partial charge in [0.05, 0.1) is 0 Å². The van der Waals surface area contributed by atoms with Crippen molar-refractivity contribution in [1.29, 1.82) is 0 Å². The van der Waals surface area contributed by atoms with Crippen LogP contribution in [0.25, 0.3) is 0 Å². The maximum absolute atomic E-state index is 5.64. The van der Waals surface area contributed by atoms with Crippen LogP contribution in [0.2, 0.25) is 0 Å². The van der Waals surface area contributed by atoms with E-state index < -0.39 is 0 Å². The summed E-state index contributed by atoms with van der Waals surface area (Å²) in [7, 11) is 0. The summed E-state index contributed by atoms with van der Waals surface area (Å²) >= 11 is 3.51. The van der Waals surface area contributed by atoms with Crippen molar-refractivity contribution < 1.29 is 4.74 Å². The van der Waals surface area contributed by atoms with Gasteiger partial charge in [0.15, 0.2) is 0 Å². The van der Waals surface area contributed by atoms with Crippen LogP contribution < -0.4 is 10.1 Å². The quantitative estimate of drug-likeness (QED) is 0.857. The SMILES string of the molecule is C#CCOc1c(C)cc(Br)cc1CNC(C)(C)C. The Morgan fingerprint density at radius 3 is 2.61 bits per heavy atom. The Morgan fingerprint density at radius 2 is 2.06 bits per heavy atom. The number of aryl methyl sites for hydroxylation is 1. The molecule has 1 N–H and O–H groups in total. The fourth-order valence-corrected chi connectivity index (χ4v) is 2.23. The van der Waals surface area contributed by atoms with Crippen molar-refractivity contribution in [2.75, 3.05) is 6.61 Å². The number of halogens is 1. The second-order valence-corrected chi connectivity index (χ2v) is 6.22. The van der Waals surface area contributed by atoms with Gasteiger partial charge in [-0.2, -0.15) is 0 Å². The minimum atomic E-state index is 0.0691. The lowest BCUT2D eigenvalue weighted by Gasteiger charge is -2.22. The van der Waals surface area contributed by atoms with E-state index in [0.717, 1.165) is 27.9 Å². The van der Waals surface area contributed by atoms with Crippen LogP contribution in [-0.4, -0.2) is 12.1 Å². The molecule has 0 aromatic heterocycles. The van der Waals surface area contributed by atoms with Gasteiger partial charge < -0.3 is 10.1 Å². The summed E-state index contributed by atoms with van der Waals surface area (Å²) < 4.78 is 6.69. The smallest absolute Gasteiger partial charge is 0.148 e. The first kappa shape index (κ1) is 15.1. The van der Waals surface area contributed by atoms with Gasteiger partial charge in [0.25, 0.3) is 0 Å². The first-order valence-corrected chi connectivity index (χ1v) is 6.73. The topological polar surface area (TPSA) is 21.3 Å². The van der Waals surface area contributed by atoms with Crippen molar-refractivity contribution in [2.24, 2.45) is 0 Å². The fourth-order valence-electron chi connectivity index (χ4n) is 1.61. The average molecular weight is 310 g/mol. The minimum absolute atomic E-state index is 0.0691. The molecule has 0 radical (unpaired) electrons. The zero-order valence-corrected chi connectivity index (χ0v) is 13.0. The maximum atomic E-state index is 5.64. The molecule has 0 amide bonds. The monoisotopic (exact) mass is 309 g/mol. The highest BCUT2D eigenvalue weighted by molar-refractivity contribution is 9.10. The highest BCUT2D eigenvalue weighted by Crippen LogP contribution is 2.28. The fraction of sp³-hybridized carbons (Fsp3) is 0.467. The number of benzene rings is 1. The van der Waals surface area contributed by atoms with Crippen LogP contribution in [0.15, 0.2) is 16.6 Å². The molecule has 0 aliphatic carbocycles. The van der Waals surface area contributed by atoms with Crippen LogP contribution in [0.5, 0.6) is 5.75 Å². The van der Waals surface area contributed by atoms with E-state index in [1.807, 2.05) is 13.0 Å². The molecule has 1 aromatic rings. The maximum Gasteiger partial charge on any atom is 0.148 e. The van der Waals surface area contributed by atoms with E-state index in [4.69, 9.17) is 11.2 Å². The van der Waals surface area contributed by atoms with Gasteiger partial charge in [-0.3, -0.25) is 0 Å². The third-order valence-corrected chi connectivity index (χ3v) is 2.88.